The highest BCUT2D eigenvalue weighted by Gasteiger charge is 2.24. The van der Waals surface area contributed by atoms with Crippen molar-refractivity contribution < 1.29 is 23.9 Å². The van der Waals surface area contributed by atoms with Gasteiger partial charge in [0.2, 0.25) is 5.91 Å². The summed E-state index contributed by atoms with van der Waals surface area (Å²) in [5, 5.41) is 5.00. The average Bonchev–Trinajstić information content (AvgIpc) is 2.47. The van der Waals surface area contributed by atoms with Gasteiger partial charge >= 0.3 is 12.1 Å². The number of carbonyl (C=O) groups excluding carboxylic acids is 3. The number of hydrogen-bond donors (Lipinski definition) is 2. The van der Waals surface area contributed by atoms with Crippen LogP contribution in [0.15, 0.2) is 12.2 Å². The molecule has 8 heteroatoms. The number of alkyl carbamates (subject to hydrolysis) is 1. The van der Waals surface area contributed by atoms with Gasteiger partial charge in [-0.15, -0.1) is 0 Å². The van der Waals surface area contributed by atoms with Crippen LogP contribution in [-0.4, -0.2) is 54.8 Å². The van der Waals surface area contributed by atoms with Gasteiger partial charge < -0.3 is 20.1 Å². The van der Waals surface area contributed by atoms with E-state index < -0.39 is 29.6 Å². The van der Waals surface area contributed by atoms with Crippen LogP contribution in [0.3, 0.4) is 0 Å². The van der Waals surface area contributed by atoms with E-state index in [1.54, 1.807) is 44.7 Å². The standard InChI is InChI=1S/C16H28N2O5S/c1-6-7-9-22-13(19)11-17-14(20)12(8-10-24-5)18-15(21)23-16(2,3)4/h6-7,12H,8-11H2,1-5H3,(H,17,20)(H,18,21)/b7-6+. The molecule has 0 bridgehead atoms. The molecule has 2 N–H and O–H groups in total. The number of thioether (sulfide) groups is 1. The predicted octanol–water partition coefficient (Wildman–Crippen LogP) is 1.87. The first-order valence-electron chi connectivity index (χ1n) is 7.72. The molecule has 7 nitrogen and oxygen atoms in total. The monoisotopic (exact) mass is 360 g/mol. The Hall–Kier alpha value is -1.70. The predicted molar refractivity (Wildman–Crippen MR) is 94.9 cm³/mol. The topological polar surface area (TPSA) is 93.7 Å². The van der Waals surface area contributed by atoms with E-state index in [1.165, 1.54) is 0 Å². The SMILES string of the molecule is C/C=C/COC(=O)CNC(=O)C(CCSC)NC(=O)OC(C)(C)C. The molecule has 0 fully saturated rings. The highest BCUT2D eigenvalue weighted by atomic mass is 32.2. The van der Waals surface area contributed by atoms with Gasteiger partial charge in [-0.1, -0.05) is 12.2 Å². The highest BCUT2D eigenvalue weighted by Crippen LogP contribution is 2.08. The fourth-order valence-corrected chi connectivity index (χ4v) is 2.00. The summed E-state index contributed by atoms with van der Waals surface area (Å²) in [4.78, 5) is 35.5. The molecule has 0 aliphatic rings. The van der Waals surface area contributed by atoms with Gasteiger partial charge in [-0.25, -0.2) is 4.79 Å². The van der Waals surface area contributed by atoms with Crippen LogP contribution in [0.4, 0.5) is 4.79 Å². The Morgan fingerprint density at radius 2 is 1.92 bits per heavy atom. The molecular formula is C16H28N2O5S. The number of esters is 1. The van der Waals surface area contributed by atoms with Gasteiger partial charge in [0.15, 0.2) is 0 Å². The smallest absolute Gasteiger partial charge is 0.408 e. The molecule has 0 aromatic heterocycles. The summed E-state index contributed by atoms with van der Waals surface area (Å²) < 4.78 is 10.0. The van der Waals surface area contributed by atoms with Gasteiger partial charge in [0.05, 0.1) is 0 Å². The fourth-order valence-electron chi connectivity index (χ4n) is 1.53. The van der Waals surface area contributed by atoms with Crippen molar-refractivity contribution in [2.75, 3.05) is 25.2 Å². The first-order valence-corrected chi connectivity index (χ1v) is 9.12. The van der Waals surface area contributed by atoms with E-state index in [1.807, 2.05) is 13.2 Å². The van der Waals surface area contributed by atoms with Crippen molar-refractivity contribution in [3.63, 3.8) is 0 Å². The number of rotatable bonds is 9. The largest absolute Gasteiger partial charge is 0.460 e. The molecule has 0 aliphatic carbocycles. The van der Waals surface area contributed by atoms with Crippen LogP contribution in [0.5, 0.6) is 0 Å². The molecule has 0 aromatic carbocycles. The zero-order valence-electron chi connectivity index (χ0n) is 15.0. The van der Waals surface area contributed by atoms with Crippen LogP contribution >= 0.6 is 11.8 Å². The van der Waals surface area contributed by atoms with E-state index in [0.29, 0.717) is 12.2 Å². The van der Waals surface area contributed by atoms with Crippen LogP contribution in [-0.2, 0) is 19.1 Å². The summed E-state index contributed by atoms with van der Waals surface area (Å²) in [6.45, 7) is 6.95. The molecule has 0 rings (SSSR count). The molecule has 0 saturated carbocycles. The molecule has 2 amide bonds. The Labute approximate surface area is 147 Å². The second-order valence-corrected chi connectivity index (χ2v) is 6.94. The third-order valence-corrected chi connectivity index (χ3v) is 3.25. The first kappa shape index (κ1) is 22.3. The molecule has 0 saturated heterocycles. The number of ether oxygens (including phenoxy) is 2. The van der Waals surface area contributed by atoms with E-state index in [4.69, 9.17) is 9.47 Å². The summed E-state index contributed by atoms with van der Waals surface area (Å²) in [5.74, 6) is -0.306. The van der Waals surface area contributed by atoms with Crippen molar-refractivity contribution in [1.82, 2.24) is 10.6 Å². The molecule has 1 atom stereocenters. The number of nitrogens with one attached hydrogen (secondary N) is 2. The lowest BCUT2D eigenvalue weighted by atomic mass is 10.2. The molecule has 0 radical (unpaired) electrons. The van der Waals surface area contributed by atoms with Crippen molar-refractivity contribution >= 4 is 29.7 Å². The Bertz CT molecular complexity index is 446. The summed E-state index contributed by atoms with van der Waals surface area (Å²) in [7, 11) is 0. The summed E-state index contributed by atoms with van der Waals surface area (Å²) in [6.07, 6.45) is 5.11. The third kappa shape index (κ3) is 11.8. The molecule has 0 spiro atoms. The van der Waals surface area contributed by atoms with Crippen LogP contribution in [0, 0.1) is 0 Å². The lowest BCUT2D eigenvalue weighted by Crippen LogP contribution is -2.49. The Kier molecular flexibility index (Phi) is 10.9. The Morgan fingerprint density at radius 3 is 2.46 bits per heavy atom. The molecule has 0 heterocycles. The lowest BCUT2D eigenvalue weighted by Gasteiger charge is -2.23. The Balaban J connectivity index is 4.48. The zero-order valence-corrected chi connectivity index (χ0v) is 15.8. The van der Waals surface area contributed by atoms with Gasteiger partial charge in [0, 0.05) is 0 Å². The summed E-state index contributed by atoms with van der Waals surface area (Å²) >= 11 is 1.55. The van der Waals surface area contributed by atoms with Gasteiger partial charge in [-0.3, -0.25) is 9.59 Å². The average molecular weight is 360 g/mol. The molecule has 24 heavy (non-hydrogen) atoms. The Morgan fingerprint density at radius 1 is 1.25 bits per heavy atom. The van der Waals surface area contributed by atoms with E-state index in [0.717, 1.165) is 0 Å². The summed E-state index contributed by atoms with van der Waals surface area (Å²) in [5.41, 5.74) is -0.652. The minimum absolute atomic E-state index is 0.164. The minimum Gasteiger partial charge on any atom is -0.460 e. The molecule has 1 unspecified atom stereocenters. The van der Waals surface area contributed by atoms with E-state index in [9.17, 15) is 14.4 Å². The maximum Gasteiger partial charge on any atom is 0.408 e. The van der Waals surface area contributed by atoms with Crippen molar-refractivity contribution in [2.24, 2.45) is 0 Å². The second kappa shape index (κ2) is 11.8. The van der Waals surface area contributed by atoms with Gasteiger partial charge in [-0.2, -0.15) is 11.8 Å². The van der Waals surface area contributed by atoms with E-state index >= 15 is 0 Å². The number of amides is 2. The van der Waals surface area contributed by atoms with Crippen LogP contribution in [0.2, 0.25) is 0 Å². The van der Waals surface area contributed by atoms with Crippen molar-refractivity contribution in [3.8, 4) is 0 Å². The minimum atomic E-state index is -0.768. The molecular weight excluding hydrogens is 332 g/mol. The molecule has 138 valence electrons. The molecule has 0 aliphatic heterocycles. The second-order valence-electron chi connectivity index (χ2n) is 5.95. The quantitative estimate of drug-likeness (QED) is 0.482. The summed E-state index contributed by atoms with van der Waals surface area (Å²) in [6, 6.07) is -0.768. The maximum absolute atomic E-state index is 12.2. The highest BCUT2D eigenvalue weighted by molar-refractivity contribution is 7.98. The van der Waals surface area contributed by atoms with E-state index in [-0.39, 0.29) is 13.2 Å². The van der Waals surface area contributed by atoms with Gasteiger partial charge in [-0.05, 0) is 46.1 Å². The lowest BCUT2D eigenvalue weighted by molar-refractivity contribution is -0.142. The normalized spacial score (nSPS) is 12.5. The van der Waals surface area contributed by atoms with Crippen LogP contribution < -0.4 is 10.6 Å². The third-order valence-electron chi connectivity index (χ3n) is 2.60. The fraction of sp³-hybridized carbons (Fsp3) is 0.688. The van der Waals surface area contributed by atoms with Gasteiger partial charge in [0.25, 0.3) is 0 Å². The van der Waals surface area contributed by atoms with Crippen molar-refractivity contribution in [2.45, 2.75) is 45.8 Å². The molecule has 0 aromatic rings. The zero-order chi connectivity index (χ0) is 18.6. The van der Waals surface area contributed by atoms with E-state index in [2.05, 4.69) is 10.6 Å². The first-order chi connectivity index (χ1) is 11.2. The van der Waals surface area contributed by atoms with Crippen molar-refractivity contribution in [1.29, 1.82) is 0 Å². The number of carbonyl (C=O) groups is 3. The van der Waals surface area contributed by atoms with Crippen LogP contribution in [0.1, 0.15) is 34.1 Å². The van der Waals surface area contributed by atoms with Gasteiger partial charge in [0.1, 0.15) is 24.8 Å². The number of allylic oxidation sites excluding steroid dienone is 1. The van der Waals surface area contributed by atoms with Crippen molar-refractivity contribution in [3.05, 3.63) is 12.2 Å². The number of hydrogen-bond acceptors (Lipinski definition) is 6. The van der Waals surface area contributed by atoms with Crippen LogP contribution in [0.25, 0.3) is 0 Å². The maximum atomic E-state index is 12.2.